The molecule has 0 aliphatic carbocycles. The van der Waals surface area contributed by atoms with Crippen LogP contribution in [0.1, 0.15) is 16.7 Å². The summed E-state index contributed by atoms with van der Waals surface area (Å²) in [5.41, 5.74) is 0.637. The summed E-state index contributed by atoms with van der Waals surface area (Å²) >= 11 is 0. The Morgan fingerprint density at radius 3 is 2.42 bits per heavy atom. The summed E-state index contributed by atoms with van der Waals surface area (Å²) in [7, 11) is -3.62. The highest BCUT2D eigenvalue weighted by Crippen LogP contribution is 2.30. The lowest BCUT2D eigenvalue weighted by Gasteiger charge is -2.37. The van der Waals surface area contributed by atoms with E-state index in [1.54, 1.807) is 19.1 Å². The lowest BCUT2D eigenvalue weighted by molar-refractivity contribution is -0.137. The summed E-state index contributed by atoms with van der Waals surface area (Å²) in [6.45, 7) is 3.79. The quantitative estimate of drug-likeness (QED) is 0.810. The number of ether oxygens (including phenoxy) is 1. The number of hydrogen-bond donors (Lipinski definition) is 0. The summed E-state index contributed by atoms with van der Waals surface area (Å²) in [5.74, 6) is 0.0341. The standard InChI is InChI=1S/C17H17F3N2O3S/c1-11-3-4-12(2)15(7-11)26(23,24)22-9-14(10-22)25-16-6-5-13(8-21-16)17(18,19)20/h3-8,14H,9-10H2,1-2H3. The van der Waals surface area contributed by atoms with Crippen LogP contribution < -0.4 is 4.74 Å². The van der Waals surface area contributed by atoms with Gasteiger partial charge in [-0.25, -0.2) is 13.4 Å². The molecule has 1 saturated heterocycles. The Morgan fingerprint density at radius 2 is 1.85 bits per heavy atom. The predicted octanol–water partition coefficient (Wildman–Crippen LogP) is 3.17. The number of aromatic nitrogens is 1. The number of rotatable bonds is 4. The Morgan fingerprint density at radius 1 is 1.15 bits per heavy atom. The van der Waals surface area contributed by atoms with Crippen molar-refractivity contribution in [3.8, 4) is 5.88 Å². The predicted molar refractivity (Wildman–Crippen MR) is 88.3 cm³/mol. The topological polar surface area (TPSA) is 59.5 Å². The maximum atomic E-state index is 12.7. The summed E-state index contributed by atoms with van der Waals surface area (Å²) in [5, 5.41) is 0. The van der Waals surface area contributed by atoms with E-state index in [0.717, 1.165) is 17.7 Å². The highest BCUT2D eigenvalue weighted by Gasteiger charge is 2.39. The fraction of sp³-hybridized carbons (Fsp3) is 0.353. The van der Waals surface area contributed by atoms with Crippen molar-refractivity contribution in [3.05, 3.63) is 53.2 Å². The first-order valence-corrected chi connectivity index (χ1v) is 9.29. The van der Waals surface area contributed by atoms with E-state index in [-0.39, 0.29) is 23.9 Å². The van der Waals surface area contributed by atoms with Crippen LogP contribution in [0, 0.1) is 13.8 Å². The first kappa shape index (κ1) is 18.7. The number of aryl methyl sites for hydroxylation is 2. The molecule has 1 fully saturated rings. The maximum absolute atomic E-state index is 12.7. The van der Waals surface area contributed by atoms with Crippen LogP contribution in [-0.4, -0.2) is 36.9 Å². The molecule has 2 aromatic rings. The van der Waals surface area contributed by atoms with Gasteiger partial charge in [0.15, 0.2) is 0 Å². The number of halogens is 3. The van der Waals surface area contributed by atoms with E-state index in [0.29, 0.717) is 11.8 Å². The molecule has 3 rings (SSSR count). The van der Waals surface area contributed by atoms with Crippen molar-refractivity contribution in [2.45, 2.75) is 31.0 Å². The highest BCUT2D eigenvalue weighted by atomic mass is 32.2. The summed E-state index contributed by atoms with van der Waals surface area (Å²) in [6, 6.07) is 7.22. The van der Waals surface area contributed by atoms with Crippen LogP contribution in [0.3, 0.4) is 0 Å². The van der Waals surface area contributed by atoms with Gasteiger partial charge in [-0.2, -0.15) is 17.5 Å². The zero-order valence-electron chi connectivity index (χ0n) is 14.1. The van der Waals surface area contributed by atoms with E-state index >= 15 is 0 Å². The molecule has 0 radical (unpaired) electrons. The zero-order chi connectivity index (χ0) is 19.1. The Hall–Kier alpha value is -2.13. The van der Waals surface area contributed by atoms with Crippen molar-refractivity contribution < 1.29 is 26.3 Å². The number of sulfonamides is 1. The molecule has 0 unspecified atom stereocenters. The van der Waals surface area contributed by atoms with Gasteiger partial charge in [-0.15, -0.1) is 0 Å². The van der Waals surface area contributed by atoms with Gasteiger partial charge < -0.3 is 4.74 Å². The Labute approximate surface area is 149 Å². The molecule has 0 bridgehead atoms. The van der Waals surface area contributed by atoms with Crippen LogP contribution in [-0.2, 0) is 16.2 Å². The SMILES string of the molecule is Cc1ccc(C)c(S(=O)(=O)N2CC(Oc3ccc(C(F)(F)F)cn3)C2)c1. The van der Waals surface area contributed by atoms with Crippen molar-refractivity contribution in [1.82, 2.24) is 9.29 Å². The van der Waals surface area contributed by atoms with Crippen LogP contribution in [0.25, 0.3) is 0 Å². The largest absolute Gasteiger partial charge is 0.472 e. The minimum Gasteiger partial charge on any atom is -0.472 e. The van der Waals surface area contributed by atoms with Crippen molar-refractivity contribution in [2.75, 3.05) is 13.1 Å². The van der Waals surface area contributed by atoms with Crippen molar-refractivity contribution >= 4 is 10.0 Å². The third-order valence-electron chi connectivity index (χ3n) is 4.13. The molecule has 1 aliphatic heterocycles. The van der Waals surface area contributed by atoms with Crippen LogP contribution in [0.4, 0.5) is 13.2 Å². The lowest BCUT2D eigenvalue weighted by atomic mass is 10.2. The lowest BCUT2D eigenvalue weighted by Crippen LogP contribution is -2.56. The van der Waals surface area contributed by atoms with E-state index in [2.05, 4.69) is 4.98 Å². The molecular weight excluding hydrogens is 369 g/mol. The summed E-state index contributed by atoms with van der Waals surface area (Å²) < 4.78 is 69.6. The third kappa shape index (κ3) is 3.68. The Balaban J connectivity index is 1.64. The number of benzene rings is 1. The Kier molecular flexibility index (Phi) is 4.70. The molecule has 1 aliphatic rings. The van der Waals surface area contributed by atoms with E-state index in [9.17, 15) is 21.6 Å². The summed E-state index contributed by atoms with van der Waals surface area (Å²) in [6.07, 6.45) is -4.21. The van der Waals surface area contributed by atoms with Gasteiger partial charge in [0, 0.05) is 12.3 Å². The number of hydrogen-bond acceptors (Lipinski definition) is 4. The van der Waals surface area contributed by atoms with Crippen molar-refractivity contribution in [2.24, 2.45) is 0 Å². The van der Waals surface area contributed by atoms with Crippen LogP contribution in [0.2, 0.25) is 0 Å². The van der Waals surface area contributed by atoms with Gasteiger partial charge in [0.2, 0.25) is 15.9 Å². The van der Waals surface area contributed by atoms with Gasteiger partial charge in [0.25, 0.3) is 0 Å². The van der Waals surface area contributed by atoms with Gasteiger partial charge in [-0.05, 0) is 37.1 Å². The third-order valence-corrected chi connectivity index (χ3v) is 6.10. The van der Waals surface area contributed by atoms with E-state index < -0.39 is 27.9 Å². The van der Waals surface area contributed by atoms with Gasteiger partial charge in [-0.3, -0.25) is 0 Å². The molecule has 0 saturated carbocycles. The molecule has 0 spiro atoms. The monoisotopic (exact) mass is 386 g/mol. The zero-order valence-corrected chi connectivity index (χ0v) is 14.9. The first-order chi connectivity index (χ1) is 12.1. The molecule has 0 N–H and O–H groups in total. The minimum absolute atomic E-state index is 0.0341. The molecule has 9 heteroatoms. The van der Waals surface area contributed by atoms with Crippen LogP contribution in [0.5, 0.6) is 5.88 Å². The number of pyridine rings is 1. The molecular formula is C17H17F3N2O3S. The number of nitrogens with zero attached hydrogens (tertiary/aromatic N) is 2. The van der Waals surface area contributed by atoms with E-state index in [1.807, 2.05) is 13.0 Å². The van der Waals surface area contributed by atoms with E-state index in [1.165, 1.54) is 4.31 Å². The normalized spacial score (nSPS) is 16.3. The summed E-state index contributed by atoms with van der Waals surface area (Å²) in [4.78, 5) is 3.88. The molecule has 26 heavy (non-hydrogen) atoms. The van der Waals surface area contributed by atoms with Crippen molar-refractivity contribution in [3.63, 3.8) is 0 Å². The average molecular weight is 386 g/mol. The molecule has 140 valence electrons. The van der Waals surface area contributed by atoms with Gasteiger partial charge >= 0.3 is 6.18 Å². The fourth-order valence-corrected chi connectivity index (χ4v) is 4.40. The molecule has 1 aromatic carbocycles. The molecule has 0 atom stereocenters. The van der Waals surface area contributed by atoms with Crippen molar-refractivity contribution in [1.29, 1.82) is 0 Å². The number of alkyl halides is 3. The van der Waals surface area contributed by atoms with Gasteiger partial charge in [0.1, 0.15) is 6.10 Å². The molecule has 0 amide bonds. The first-order valence-electron chi connectivity index (χ1n) is 7.84. The van der Waals surface area contributed by atoms with Gasteiger partial charge in [-0.1, -0.05) is 12.1 Å². The Bertz CT molecular complexity index is 906. The highest BCUT2D eigenvalue weighted by molar-refractivity contribution is 7.89. The molecule has 5 nitrogen and oxygen atoms in total. The molecule has 2 heterocycles. The second-order valence-electron chi connectivity index (χ2n) is 6.21. The molecule has 1 aromatic heterocycles. The van der Waals surface area contributed by atoms with Crippen LogP contribution >= 0.6 is 0 Å². The van der Waals surface area contributed by atoms with Gasteiger partial charge in [0.05, 0.1) is 23.5 Å². The second-order valence-corrected chi connectivity index (χ2v) is 8.12. The average Bonchev–Trinajstić information content (AvgIpc) is 2.52. The minimum atomic E-state index is -4.46. The second kappa shape index (κ2) is 6.55. The smallest absolute Gasteiger partial charge is 0.417 e. The van der Waals surface area contributed by atoms with Crippen LogP contribution in [0.15, 0.2) is 41.4 Å². The maximum Gasteiger partial charge on any atom is 0.417 e. The van der Waals surface area contributed by atoms with E-state index in [4.69, 9.17) is 4.74 Å². The fourth-order valence-electron chi connectivity index (χ4n) is 2.58.